The topological polar surface area (TPSA) is 44.7 Å². The van der Waals surface area contributed by atoms with Crippen LogP contribution in [0.2, 0.25) is 5.02 Å². The van der Waals surface area contributed by atoms with E-state index in [9.17, 15) is 13.2 Å². The van der Waals surface area contributed by atoms with Gasteiger partial charge >= 0.3 is 0 Å². The summed E-state index contributed by atoms with van der Waals surface area (Å²) in [6.45, 7) is 2.39. The monoisotopic (exact) mass is 388 g/mol. The highest BCUT2D eigenvalue weighted by Crippen LogP contribution is 2.40. The molecule has 1 saturated heterocycles. The van der Waals surface area contributed by atoms with Crippen LogP contribution in [0.3, 0.4) is 0 Å². The molecule has 24 heavy (non-hydrogen) atoms. The number of ether oxygens (including phenoxy) is 1. The molecule has 1 aromatic rings. The van der Waals surface area contributed by atoms with E-state index in [4.69, 9.17) is 21.4 Å². The molecule has 2 N–H and O–H groups in total. The number of benzene rings is 1. The summed E-state index contributed by atoms with van der Waals surface area (Å²) in [5, 5.41) is 12.1. The van der Waals surface area contributed by atoms with Gasteiger partial charge in [-0.05, 0) is 24.6 Å². The fourth-order valence-electron chi connectivity index (χ4n) is 2.77. The van der Waals surface area contributed by atoms with E-state index < -0.39 is 24.4 Å². The van der Waals surface area contributed by atoms with Crippen molar-refractivity contribution in [3.05, 3.63) is 28.5 Å². The third kappa shape index (κ3) is 4.67. The van der Waals surface area contributed by atoms with E-state index in [1.54, 1.807) is 6.92 Å². The van der Waals surface area contributed by atoms with Crippen molar-refractivity contribution in [3.63, 3.8) is 0 Å². The van der Waals surface area contributed by atoms with Gasteiger partial charge in [-0.1, -0.05) is 11.6 Å². The minimum atomic E-state index is -3.42. The van der Waals surface area contributed by atoms with Crippen molar-refractivity contribution < 1.29 is 23.0 Å². The molecule has 0 aliphatic carbocycles. The quantitative estimate of drug-likeness (QED) is 0.786. The number of nitrogens with one attached hydrogen (secondary N) is 1. The lowest BCUT2D eigenvalue weighted by Gasteiger charge is -2.38. The molecule has 1 aliphatic rings. The Morgan fingerprint density at radius 3 is 2.50 bits per heavy atom. The van der Waals surface area contributed by atoms with Crippen LogP contribution in [-0.2, 0) is 0 Å². The van der Waals surface area contributed by atoms with Crippen molar-refractivity contribution in [1.82, 2.24) is 10.2 Å². The van der Waals surface area contributed by atoms with E-state index in [1.807, 2.05) is 0 Å². The fraction of sp³-hybridized carbons (Fsp3) is 0.600. The molecule has 0 spiro atoms. The van der Waals surface area contributed by atoms with E-state index in [0.717, 1.165) is 6.07 Å². The van der Waals surface area contributed by atoms with E-state index in [0.29, 0.717) is 26.2 Å². The molecule has 4 nitrogen and oxygen atoms in total. The Bertz CT molecular complexity index is 520. The smallest absolute Gasteiger partial charge is 0.289 e. The fourth-order valence-corrected chi connectivity index (χ4v) is 3.04. The lowest BCUT2D eigenvalue weighted by Crippen LogP contribution is -2.51. The Hall–Kier alpha value is -0.730. The number of aliphatic hydroxyl groups is 1. The van der Waals surface area contributed by atoms with Gasteiger partial charge < -0.3 is 15.2 Å². The van der Waals surface area contributed by atoms with Crippen molar-refractivity contribution in [2.45, 2.75) is 18.9 Å². The zero-order chi connectivity index (χ0) is 17.0. The van der Waals surface area contributed by atoms with Gasteiger partial charge in [0.05, 0.1) is 11.6 Å². The molecule has 0 bridgehead atoms. The van der Waals surface area contributed by atoms with Gasteiger partial charge in [0.15, 0.2) is 11.6 Å². The molecule has 0 saturated carbocycles. The van der Waals surface area contributed by atoms with Gasteiger partial charge in [-0.2, -0.15) is 0 Å². The number of halogens is 5. The van der Waals surface area contributed by atoms with Crippen molar-refractivity contribution in [2.75, 3.05) is 39.4 Å². The molecule has 1 aromatic carbocycles. The standard InChI is InChI=1S/C15H20ClF3N2O2.ClH/c1-2-23-13-11(16)7-10(8-12(13)17)14(15(18,19)9-22)21-5-3-20-4-6-21;/h7-8,14,20,22H,2-6,9H2,1H3;1H/t14-;/m0./s1. The summed E-state index contributed by atoms with van der Waals surface area (Å²) in [5.41, 5.74) is 0.0249. The highest BCUT2D eigenvalue weighted by atomic mass is 35.5. The van der Waals surface area contributed by atoms with Gasteiger partial charge in [-0.25, -0.2) is 13.2 Å². The number of alkyl halides is 2. The summed E-state index contributed by atoms with van der Waals surface area (Å²) in [6, 6.07) is 0.844. The second kappa shape index (κ2) is 9.10. The maximum absolute atomic E-state index is 14.3. The van der Waals surface area contributed by atoms with Crippen LogP contribution in [0.4, 0.5) is 13.2 Å². The predicted molar refractivity (Wildman–Crippen MR) is 89.0 cm³/mol. The molecule has 1 atom stereocenters. The summed E-state index contributed by atoms with van der Waals surface area (Å²) in [7, 11) is 0. The molecule has 2 rings (SSSR count). The van der Waals surface area contributed by atoms with Crippen LogP contribution in [0.25, 0.3) is 0 Å². The highest BCUT2D eigenvalue weighted by molar-refractivity contribution is 6.32. The Morgan fingerprint density at radius 1 is 1.38 bits per heavy atom. The first-order chi connectivity index (χ1) is 10.9. The molecule has 0 unspecified atom stereocenters. The number of rotatable bonds is 6. The zero-order valence-corrected chi connectivity index (χ0v) is 14.8. The van der Waals surface area contributed by atoms with Gasteiger partial charge in [0.2, 0.25) is 0 Å². The maximum Gasteiger partial charge on any atom is 0.289 e. The van der Waals surface area contributed by atoms with Crippen LogP contribution in [0.5, 0.6) is 5.75 Å². The van der Waals surface area contributed by atoms with Crippen molar-refractivity contribution >= 4 is 24.0 Å². The molecule has 9 heteroatoms. The maximum atomic E-state index is 14.3. The lowest BCUT2D eigenvalue weighted by atomic mass is 9.98. The molecule has 0 amide bonds. The molecular formula is C15H21Cl2F3N2O2. The van der Waals surface area contributed by atoms with Crippen molar-refractivity contribution in [3.8, 4) is 5.75 Å². The Kier molecular flexibility index (Phi) is 8.08. The normalized spacial score (nSPS) is 17.2. The van der Waals surface area contributed by atoms with Gasteiger partial charge in [0, 0.05) is 26.2 Å². The van der Waals surface area contributed by atoms with Crippen molar-refractivity contribution in [2.24, 2.45) is 0 Å². The number of nitrogens with zero attached hydrogens (tertiary/aromatic N) is 1. The highest BCUT2D eigenvalue weighted by Gasteiger charge is 2.44. The first kappa shape index (κ1) is 21.3. The number of hydrogen-bond acceptors (Lipinski definition) is 4. The molecule has 138 valence electrons. The Morgan fingerprint density at radius 2 is 2.00 bits per heavy atom. The Balaban J connectivity index is 0.00000288. The first-order valence-corrected chi connectivity index (χ1v) is 7.83. The van der Waals surface area contributed by atoms with Gasteiger partial charge in [0.25, 0.3) is 5.92 Å². The summed E-state index contributed by atoms with van der Waals surface area (Å²) >= 11 is 5.99. The van der Waals surface area contributed by atoms with Gasteiger partial charge in [-0.15, -0.1) is 12.4 Å². The predicted octanol–water partition coefficient (Wildman–Crippen LogP) is 2.87. The Labute approximate surface area is 150 Å². The van der Waals surface area contributed by atoms with Gasteiger partial charge in [-0.3, -0.25) is 4.90 Å². The number of hydrogen-bond donors (Lipinski definition) is 2. The second-order valence-electron chi connectivity index (χ2n) is 5.35. The second-order valence-corrected chi connectivity index (χ2v) is 5.76. The average molecular weight is 389 g/mol. The molecule has 1 aliphatic heterocycles. The molecule has 0 radical (unpaired) electrons. The average Bonchev–Trinajstić information content (AvgIpc) is 2.52. The van der Waals surface area contributed by atoms with Crippen LogP contribution in [0, 0.1) is 5.82 Å². The largest absolute Gasteiger partial charge is 0.489 e. The number of piperazine rings is 1. The SMILES string of the molecule is CCOc1c(F)cc([C@H](N2CCNCC2)C(F)(F)CO)cc1Cl.Cl. The molecular weight excluding hydrogens is 368 g/mol. The van der Waals surface area contributed by atoms with Gasteiger partial charge in [0.1, 0.15) is 12.6 Å². The van der Waals surface area contributed by atoms with E-state index in [-0.39, 0.29) is 35.3 Å². The van der Waals surface area contributed by atoms with E-state index in [1.165, 1.54) is 11.0 Å². The molecule has 0 aromatic heterocycles. The lowest BCUT2D eigenvalue weighted by molar-refractivity contribution is -0.118. The molecule has 1 heterocycles. The summed E-state index contributed by atoms with van der Waals surface area (Å²) in [5.74, 6) is -4.35. The first-order valence-electron chi connectivity index (χ1n) is 7.46. The van der Waals surface area contributed by atoms with E-state index in [2.05, 4.69) is 5.32 Å². The zero-order valence-electron chi connectivity index (χ0n) is 13.2. The summed E-state index contributed by atoms with van der Waals surface area (Å²) in [6.07, 6.45) is 0. The summed E-state index contributed by atoms with van der Waals surface area (Å²) in [4.78, 5) is 1.53. The van der Waals surface area contributed by atoms with Crippen LogP contribution in [0.1, 0.15) is 18.5 Å². The minimum absolute atomic E-state index is 0. The third-order valence-corrected chi connectivity index (χ3v) is 4.03. The number of aliphatic hydroxyl groups excluding tert-OH is 1. The van der Waals surface area contributed by atoms with Crippen LogP contribution in [0.15, 0.2) is 12.1 Å². The minimum Gasteiger partial charge on any atom is -0.489 e. The summed E-state index contributed by atoms with van der Waals surface area (Å²) < 4.78 is 47.8. The molecule has 1 fully saturated rings. The van der Waals surface area contributed by atoms with Crippen LogP contribution < -0.4 is 10.1 Å². The van der Waals surface area contributed by atoms with Crippen LogP contribution >= 0.6 is 24.0 Å². The van der Waals surface area contributed by atoms with Crippen LogP contribution in [-0.4, -0.2) is 55.3 Å². The third-order valence-electron chi connectivity index (χ3n) is 3.75. The van der Waals surface area contributed by atoms with E-state index >= 15 is 0 Å². The van der Waals surface area contributed by atoms with Crippen molar-refractivity contribution in [1.29, 1.82) is 0 Å².